The smallest absolute Gasteiger partial charge is 0.369 e. The SMILES string of the molecule is CC(C[C@@H]1CCc2cc(C(O)(C(F)(F)F)C(F)(F)F)ccc2N1S(=O)(=O)c1ccc(F)cc1)=NOc1ccccc1. The first-order valence-corrected chi connectivity index (χ1v) is 13.5. The molecule has 0 saturated carbocycles. The molecule has 0 aliphatic carbocycles. The van der Waals surface area contributed by atoms with Crippen molar-refractivity contribution in [3.05, 3.63) is 89.7 Å². The molecule has 0 spiro atoms. The van der Waals surface area contributed by atoms with Crippen molar-refractivity contribution in [3.8, 4) is 5.75 Å². The molecule has 4 rings (SSSR count). The van der Waals surface area contributed by atoms with Gasteiger partial charge in [-0.1, -0.05) is 35.5 Å². The molecule has 1 atom stereocenters. The molecule has 3 aromatic carbocycles. The zero-order valence-corrected chi connectivity index (χ0v) is 22.1. The summed E-state index contributed by atoms with van der Waals surface area (Å²) in [6.45, 7) is 1.57. The lowest BCUT2D eigenvalue weighted by Crippen LogP contribution is -2.54. The fourth-order valence-corrected chi connectivity index (χ4v) is 6.29. The first-order valence-electron chi connectivity index (χ1n) is 12.1. The molecule has 3 aromatic rings. The summed E-state index contributed by atoms with van der Waals surface area (Å²) in [5, 5.41) is 13.9. The van der Waals surface area contributed by atoms with E-state index in [0.717, 1.165) is 34.6 Å². The van der Waals surface area contributed by atoms with Gasteiger partial charge in [0.05, 0.1) is 22.3 Å². The fourth-order valence-electron chi connectivity index (χ4n) is 4.57. The summed E-state index contributed by atoms with van der Waals surface area (Å²) in [4.78, 5) is 5.00. The number of hydrogen-bond acceptors (Lipinski definition) is 5. The molecule has 6 nitrogen and oxygen atoms in total. The van der Waals surface area contributed by atoms with E-state index >= 15 is 0 Å². The van der Waals surface area contributed by atoms with Gasteiger partial charge in [-0.2, -0.15) is 26.3 Å². The Morgan fingerprint density at radius 2 is 1.59 bits per heavy atom. The molecule has 1 aliphatic heterocycles. The number of aliphatic hydroxyl groups is 1. The van der Waals surface area contributed by atoms with Gasteiger partial charge in [0, 0.05) is 12.0 Å². The molecular formula is C27H23F7N2O4S. The number of anilines is 1. The fraction of sp³-hybridized carbons (Fsp3) is 0.296. The molecule has 0 saturated heterocycles. The number of oxime groups is 1. The molecule has 0 fully saturated rings. The molecule has 1 heterocycles. The Labute approximate surface area is 230 Å². The average Bonchev–Trinajstić information content (AvgIpc) is 2.90. The zero-order valence-electron chi connectivity index (χ0n) is 21.2. The van der Waals surface area contributed by atoms with Crippen LogP contribution in [-0.4, -0.2) is 37.6 Å². The number of rotatable bonds is 7. The predicted molar refractivity (Wildman–Crippen MR) is 135 cm³/mol. The van der Waals surface area contributed by atoms with Crippen molar-refractivity contribution in [1.82, 2.24) is 0 Å². The zero-order chi connectivity index (χ0) is 30.2. The number of halogens is 7. The van der Waals surface area contributed by atoms with Crippen molar-refractivity contribution in [2.45, 2.75) is 55.1 Å². The molecule has 220 valence electrons. The summed E-state index contributed by atoms with van der Waals surface area (Å²) in [5.74, 6) is -0.310. The maximum atomic E-state index is 13.8. The molecule has 0 unspecified atom stereocenters. The van der Waals surface area contributed by atoms with E-state index < -0.39 is 45.4 Å². The molecule has 0 aromatic heterocycles. The van der Waals surface area contributed by atoms with E-state index in [1.165, 1.54) is 0 Å². The quantitative estimate of drug-likeness (QED) is 0.190. The lowest BCUT2D eigenvalue weighted by atomic mass is 9.87. The van der Waals surface area contributed by atoms with Crippen LogP contribution >= 0.6 is 0 Å². The second kappa shape index (κ2) is 11.0. The monoisotopic (exact) mass is 604 g/mol. The molecular weight excluding hydrogens is 581 g/mol. The Balaban J connectivity index is 1.78. The van der Waals surface area contributed by atoms with Crippen molar-refractivity contribution >= 4 is 21.4 Å². The first kappa shape index (κ1) is 30.3. The van der Waals surface area contributed by atoms with Gasteiger partial charge in [0.25, 0.3) is 15.6 Å². The number of nitrogens with zero attached hydrogens (tertiary/aromatic N) is 2. The van der Waals surface area contributed by atoms with E-state index in [9.17, 15) is 44.3 Å². The number of fused-ring (bicyclic) bond motifs is 1. The first-order chi connectivity index (χ1) is 19.1. The Kier molecular flexibility index (Phi) is 8.11. The van der Waals surface area contributed by atoms with Gasteiger partial charge in [0.15, 0.2) is 5.75 Å². The average molecular weight is 605 g/mol. The minimum absolute atomic E-state index is 0.0104. The summed E-state index contributed by atoms with van der Waals surface area (Å²) in [6.07, 6.45) is -12.4. The van der Waals surface area contributed by atoms with Gasteiger partial charge in [0.2, 0.25) is 0 Å². The van der Waals surface area contributed by atoms with Gasteiger partial charge >= 0.3 is 12.4 Å². The van der Waals surface area contributed by atoms with E-state index in [4.69, 9.17) is 4.84 Å². The third-order valence-corrected chi connectivity index (χ3v) is 8.47. The van der Waals surface area contributed by atoms with Crippen LogP contribution in [0.25, 0.3) is 0 Å². The second-order valence-electron chi connectivity index (χ2n) is 9.43. The van der Waals surface area contributed by atoms with E-state index in [1.807, 2.05) is 0 Å². The van der Waals surface area contributed by atoms with Crippen molar-refractivity contribution < 1.29 is 49.1 Å². The molecule has 1 aliphatic rings. The van der Waals surface area contributed by atoms with E-state index in [1.54, 1.807) is 37.3 Å². The van der Waals surface area contributed by atoms with Crippen LogP contribution in [0.4, 0.5) is 36.4 Å². The number of hydrogen-bond donors (Lipinski definition) is 1. The Hall–Kier alpha value is -3.65. The van der Waals surface area contributed by atoms with Gasteiger partial charge < -0.3 is 9.94 Å². The van der Waals surface area contributed by atoms with Crippen LogP contribution in [0.5, 0.6) is 5.75 Å². The highest BCUT2D eigenvalue weighted by Crippen LogP contribution is 2.51. The summed E-state index contributed by atoms with van der Waals surface area (Å²) in [5.41, 5.74) is -6.67. The standard InChI is InChI=1S/C27H23F7N2O4S/c1-17(35-40-22-5-3-2-4-6-22)15-21-11-7-18-16-19(25(37,26(29,30)31)27(32,33)34)8-14-24(18)36(21)41(38,39)23-12-9-20(28)10-13-23/h2-6,8-10,12-14,16,21,37H,7,11,15H2,1H3/t21-/m0/s1. The van der Waals surface area contributed by atoms with Crippen LogP contribution in [0.3, 0.4) is 0 Å². The Morgan fingerprint density at radius 3 is 2.17 bits per heavy atom. The van der Waals surface area contributed by atoms with E-state index in [0.29, 0.717) is 23.6 Å². The number of aryl methyl sites for hydroxylation is 1. The second-order valence-corrected chi connectivity index (χ2v) is 11.2. The summed E-state index contributed by atoms with van der Waals surface area (Å²) in [6, 6.07) is 13.1. The molecule has 14 heteroatoms. The third-order valence-electron chi connectivity index (χ3n) is 6.59. The molecule has 0 radical (unpaired) electrons. The summed E-state index contributed by atoms with van der Waals surface area (Å²) in [7, 11) is -4.50. The largest absolute Gasteiger partial charge is 0.430 e. The Morgan fingerprint density at radius 1 is 0.976 bits per heavy atom. The summed E-state index contributed by atoms with van der Waals surface area (Å²) >= 11 is 0. The maximum Gasteiger partial charge on any atom is 0.430 e. The van der Waals surface area contributed by atoms with Crippen LogP contribution in [-0.2, 0) is 22.0 Å². The number of benzene rings is 3. The highest BCUT2D eigenvalue weighted by Gasteiger charge is 2.71. The number of para-hydroxylation sites is 1. The van der Waals surface area contributed by atoms with Crippen LogP contribution in [0.1, 0.15) is 30.9 Å². The van der Waals surface area contributed by atoms with Crippen molar-refractivity contribution in [1.29, 1.82) is 0 Å². The third kappa shape index (κ3) is 5.89. The van der Waals surface area contributed by atoms with Gasteiger partial charge in [-0.05, 0) is 67.8 Å². The summed E-state index contributed by atoms with van der Waals surface area (Å²) < 4.78 is 123. The Bertz CT molecular complexity index is 1510. The normalized spacial score (nSPS) is 16.9. The van der Waals surface area contributed by atoms with Crippen molar-refractivity contribution in [2.75, 3.05) is 4.31 Å². The molecule has 1 N–H and O–H groups in total. The number of alkyl halides is 6. The van der Waals surface area contributed by atoms with Gasteiger partial charge in [-0.3, -0.25) is 4.31 Å². The highest BCUT2D eigenvalue weighted by molar-refractivity contribution is 7.92. The topological polar surface area (TPSA) is 79.2 Å². The van der Waals surface area contributed by atoms with Gasteiger partial charge in [-0.15, -0.1) is 0 Å². The minimum atomic E-state index is -6.11. The molecule has 41 heavy (non-hydrogen) atoms. The van der Waals surface area contributed by atoms with Gasteiger partial charge in [0.1, 0.15) is 5.82 Å². The van der Waals surface area contributed by atoms with Crippen LogP contribution in [0, 0.1) is 5.82 Å². The molecule has 0 bridgehead atoms. The molecule has 0 amide bonds. The van der Waals surface area contributed by atoms with Crippen molar-refractivity contribution in [2.24, 2.45) is 5.16 Å². The van der Waals surface area contributed by atoms with Crippen molar-refractivity contribution in [3.63, 3.8) is 0 Å². The minimum Gasteiger partial charge on any atom is -0.369 e. The van der Waals surface area contributed by atoms with E-state index in [2.05, 4.69) is 5.16 Å². The number of sulfonamides is 1. The lowest BCUT2D eigenvalue weighted by molar-refractivity contribution is -0.376. The van der Waals surface area contributed by atoms with Crippen LogP contribution in [0.2, 0.25) is 0 Å². The maximum absolute atomic E-state index is 13.8. The van der Waals surface area contributed by atoms with Crippen LogP contribution in [0.15, 0.2) is 82.8 Å². The predicted octanol–water partition coefficient (Wildman–Crippen LogP) is 6.49. The van der Waals surface area contributed by atoms with Gasteiger partial charge in [-0.25, -0.2) is 12.8 Å². The lowest BCUT2D eigenvalue weighted by Gasteiger charge is -2.39. The van der Waals surface area contributed by atoms with Crippen LogP contribution < -0.4 is 9.14 Å². The van der Waals surface area contributed by atoms with E-state index in [-0.39, 0.29) is 35.4 Å². The highest BCUT2D eigenvalue weighted by atomic mass is 32.2.